The molecule has 2 N–H and O–H groups in total. The van der Waals surface area contributed by atoms with Crippen molar-refractivity contribution < 1.29 is 14.7 Å². The zero-order valence-electron chi connectivity index (χ0n) is 11.2. The molecule has 0 heterocycles. The highest BCUT2D eigenvalue weighted by Gasteiger charge is 2.31. The Balaban J connectivity index is 2.56. The Kier molecular flexibility index (Phi) is 5.38. The maximum Gasteiger partial charge on any atom is 0.305 e. The number of hydrogen-bond acceptors (Lipinski definition) is 2. The fraction of sp³-hybridized carbons (Fsp3) is 0.714. The minimum absolute atomic E-state index is 0.00769. The number of carbonyl (C=O) groups is 2. The Morgan fingerprint density at radius 1 is 1.39 bits per heavy atom. The van der Waals surface area contributed by atoms with Crippen molar-refractivity contribution in [3.63, 3.8) is 0 Å². The van der Waals surface area contributed by atoms with Crippen LogP contribution in [0, 0.1) is 5.92 Å². The van der Waals surface area contributed by atoms with E-state index in [1.54, 1.807) is 0 Å². The van der Waals surface area contributed by atoms with Crippen molar-refractivity contribution in [3.8, 4) is 0 Å². The lowest BCUT2D eigenvalue weighted by atomic mass is 9.88. The van der Waals surface area contributed by atoms with E-state index in [1.165, 1.54) is 0 Å². The maximum atomic E-state index is 12.0. The van der Waals surface area contributed by atoms with Gasteiger partial charge in [-0.2, -0.15) is 0 Å². The summed E-state index contributed by atoms with van der Waals surface area (Å²) in [5, 5.41) is 11.9. The van der Waals surface area contributed by atoms with Crippen LogP contribution >= 0.6 is 0 Å². The number of carbonyl (C=O) groups excluding carboxylic acids is 1. The van der Waals surface area contributed by atoms with E-state index in [4.69, 9.17) is 5.11 Å². The summed E-state index contributed by atoms with van der Waals surface area (Å²) in [6, 6.07) is 0. The molecule has 1 amide bonds. The summed E-state index contributed by atoms with van der Waals surface area (Å²) in [7, 11) is 0. The van der Waals surface area contributed by atoms with Crippen LogP contribution in [0.5, 0.6) is 0 Å². The number of hydrogen-bond donors (Lipinski definition) is 2. The second kappa shape index (κ2) is 6.57. The fourth-order valence-corrected chi connectivity index (χ4v) is 2.46. The summed E-state index contributed by atoms with van der Waals surface area (Å²) in [6.07, 6.45) is 7.99. The van der Waals surface area contributed by atoms with Gasteiger partial charge in [-0.1, -0.05) is 26.0 Å². The van der Waals surface area contributed by atoms with Crippen LogP contribution in [0.4, 0.5) is 0 Å². The van der Waals surface area contributed by atoms with Gasteiger partial charge in [0, 0.05) is 12.0 Å². The van der Waals surface area contributed by atoms with E-state index in [0.29, 0.717) is 25.2 Å². The highest BCUT2D eigenvalue weighted by molar-refractivity contribution is 5.78. The Morgan fingerprint density at radius 3 is 2.50 bits per heavy atom. The lowest BCUT2D eigenvalue weighted by Crippen LogP contribution is -2.49. The molecular weight excluding hydrogens is 230 g/mol. The lowest BCUT2D eigenvalue weighted by Gasteiger charge is -2.31. The van der Waals surface area contributed by atoms with Gasteiger partial charge >= 0.3 is 5.97 Å². The van der Waals surface area contributed by atoms with Crippen LogP contribution in [-0.4, -0.2) is 22.5 Å². The lowest BCUT2D eigenvalue weighted by molar-refractivity contribution is -0.139. The second-order valence-electron chi connectivity index (χ2n) is 5.08. The normalized spacial score (nSPS) is 18.9. The van der Waals surface area contributed by atoms with Gasteiger partial charge in [0.2, 0.25) is 5.91 Å². The first-order valence-electron chi connectivity index (χ1n) is 6.71. The molecule has 102 valence electrons. The van der Waals surface area contributed by atoms with Gasteiger partial charge in [-0.05, 0) is 31.6 Å². The second-order valence-corrected chi connectivity index (χ2v) is 5.08. The van der Waals surface area contributed by atoms with Crippen LogP contribution in [0.2, 0.25) is 0 Å². The standard InChI is InChI=1S/C14H23NO3/c1-3-14(4-2,10-13(17)18)15-12(16)9-11-7-5-6-8-11/h5,7,11H,3-4,6,8-10H2,1-2H3,(H,15,16)(H,17,18). The predicted molar refractivity (Wildman–Crippen MR) is 70.2 cm³/mol. The largest absolute Gasteiger partial charge is 0.481 e. The monoisotopic (exact) mass is 253 g/mol. The third-order valence-electron chi connectivity index (χ3n) is 3.81. The minimum atomic E-state index is -0.861. The van der Waals surface area contributed by atoms with Crippen LogP contribution in [-0.2, 0) is 9.59 Å². The zero-order valence-corrected chi connectivity index (χ0v) is 11.2. The Hall–Kier alpha value is -1.32. The smallest absolute Gasteiger partial charge is 0.305 e. The molecule has 1 unspecified atom stereocenters. The third-order valence-corrected chi connectivity index (χ3v) is 3.81. The van der Waals surface area contributed by atoms with Crippen molar-refractivity contribution in [2.45, 2.75) is 57.9 Å². The average Bonchev–Trinajstić information content (AvgIpc) is 2.80. The minimum Gasteiger partial charge on any atom is -0.481 e. The van der Waals surface area contributed by atoms with Crippen molar-refractivity contribution in [1.29, 1.82) is 0 Å². The molecule has 0 fully saturated rings. The molecule has 0 spiro atoms. The predicted octanol–water partition coefficient (Wildman–Crippen LogP) is 2.49. The number of allylic oxidation sites excluding steroid dienone is 2. The molecule has 4 heteroatoms. The van der Waals surface area contributed by atoms with Gasteiger partial charge in [0.15, 0.2) is 0 Å². The molecule has 0 aromatic carbocycles. The molecule has 18 heavy (non-hydrogen) atoms. The Bertz CT molecular complexity index is 332. The maximum absolute atomic E-state index is 12.0. The van der Waals surface area contributed by atoms with E-state index < -0.39 is 11.5 Å². The van der Waals surface area contributed by atoms with Crippen molar-refractivity contribution in [1.82, 2.24) is 5.32 Å². The molecule has 0 saturated carbocycles. The van der Waals surface area contributed by atoms with Crippen LogP contribution < -0.4 is 5.32 Å². The molecule has 1 rings (SSSR count). The van der Waals surface area contributed by atoms with Gasteiger partial charge in [0.25, 0.3) is 0 Å². The summed E-state index contributed by atoms with van der Waals surface area (Å²) in [4.78, 5) is 22.9. The first-order valence-corrected chi connectivity index (χ1v) is 6.71. The molecular formula is C14H23NO3. The molecule has 1 atom stereocenters. The van der Waals surface area contributed by atoms with Crippen molar-refractivity contribution in [2.75, 3.05) is 0 Å². The number of rotatable bonds is 7. The molecule has 0 saturated heterocycles. The van der Waals surface area contributed by atoms with Crippen molar-refractivity contribution in [2.24, 2.45) is 5.92 Å². The van der Waals surface area contributed by atoms with Crippen LogP contribution in [0.3, 0.4) is 0 Å². The molecule has 0 bridgehead atoms. The molecule has 4 nitrogen and oxygen atoms in total. The highest BCUT2D eigenvalue weighted by atomic mass is 16.4. The molecule has 0 radical (unpaired) electrons. The number of carboxylic acids is 1. The molecule has 0 aliphatic heterocycles. The van der Waals surface area contributed by atoms with E-state index in [9.17, 15) is 9.59 Å². The summed E-state index contributed by atoms with van der Waals surface area (Å²) < 4.78 is 0. The van der Waals surface area contributed by atoms with E-state index in [0.717, 1.165) is 12.8 Å². The number of aliphatic carboxylic acids is 1. The van der Waals surface area contributed by atoms with E-state index in [1.807, 2.05) is 13.8 Å². The van der Waals surface area contributed by atoms with Gasteiger partial charge < -0.3 is 10.4 Å². The van der Waals surface area contributed by atoms with Crippen LogP contribution in [0.25, 0.3) is 0 Å². The number of nitrogens with one attached hydrogen (secondary N) is 1. The Labute approximate surface area is 108 Å². The van der Waals surface area contributed by atoms with Crippen molar-refractivity contribution >= 4 is 11.9 Å². The number of amides is 1. The molecule has 1 aliphatic rings. The van der Waals surface area contributed by atoms with Gasteiger partial charge in [-0.25, -0.2) is 0 Å². The third kappa shape index (κ3) is 4.17. The summed E-state index contributed by atoms with van der Waals surface area (Å²) in [6.45, 7) is 3.84. The summed E-state index contributed by atoms with van der Waals surface area (Å²) in [5.74, 6) is -0.572. The molecule has 0 aromatic heterocycles. The first kappa shape index (κ1) is 14.7. The highest BCUT2D eigenvalue weighted by Crippen LogP contribution is 2.23. The zero-order chi connectivity index (χ0) is 13.6. The van der Waals surface area contributed by atoms with Crippen LogP contribution in [0.15, 0.2) is 12.2 Å². The SMILES string of the molecule is CCC(CC)(CC(=O)O)NC(=O)CC1C=CCC1. The first-order chi connectivity index (χ1) is 8.51. The van der Waals surface area contributed by atoms with Gasteiger partial charge in [-0.15, -0.1) is 0 Å². The van der Waals surface area contributed by atoms with E-state index in [2.05, 4.69) is 17.5 Å². The van der Waals surface area contributed by atoms with Gasteiger partial charge in [-0.3, -0.25) is 9.59 Å². The van der Waals surface area contributed by atoms with Gasteiger partial charge in [0.05, 0.1) is 6.42 Å². The summed E-state index contributed by atoms with van der Waals surface area (Å²) in [5.41, 5.74) is -0.592. The van der Waals surface area contributed by atoms with Crippen LogP contribution in [0.1, 0.15) is 52.4 Å². The Morgan fingerprint density at radius 2 is 2.06 bits per heavy atom. The average molecular weight is 253 g/mol. The number of carboxylic acid groups (broad SMARTS) is 1. The van der Waals surface area contributed by atoms with E-state index in [-0.39, 0.29) is 12.3 Å². The molecule has 0 aromatic rings. The topological polar surface area (TPSA) is 66.4 Å². The molecule has 1 aliphatic carbocycles. The van der Waals surface area contributed by atoms with E-state index >= 15 is 0 Å². The van der Waals surface area contributed by atoms with Crippen molar-refractivity contribution in [3.05, 3.63) is 12.2 Å². The summed E-state index contributed by atoms with van der Waals surface area (Å²) >= 11 is 0. The quantitative estimate of drug-likeness (QED) is 0.685. The fourth-order valence-electron chi connectivity index (χ4n) is 2.46. The van der Waals surface area contributed by atoms with Gasteiger partial charge in [0.1, 0.15) is 0 Å².